The molecule has 1 heterocycles. The molecule has 3 nitrogen and oxygen atoms in total. The van der Waals surface area contributed by atoms with Crippen LogP contribution in [-0.2, 0) is 6.54 Å². The van der Waals surface area contributed by atoms with Gasteiger partial charge in [-0.15, -0.1) is 0 Å². The first-order valence-electron chi connectivity index (χ1n) is 6.70. The highest BCUT2D eigenvalue weighted by Gasteiger charge is 2.33. The molecule has 2 aromatic rings. The van der Waals surface area contributed by atoms with Gasteiger partial charge in [0.2, 0.25) is 0 Å². The number of rotatable bonds is 4. The van der Waals surface area contributed by atoms with Crippen LogP contribution in [-0.4, -0.2) is 21.8 Å². The fraction of sp³-hybridized carbons (Fsp3) is 0.250. The number of carbonyl (C=O) groups excluding carboxylic acids is 1. The fourth-order valence-corrected chi connectivity index (χ4v) is 2.41. The Hall–Kier alpha value is -1.87. The van der Waals surface area contributed by atoms with Gasteiger partial charge in [-0.2, -0.15) is 0 Å². The van der Waals surface area contributed by atoms with Gasteiger partial charge in [-0.25, -0.2) is 4.98 Å². The monoisotopic (exact) mass is 286 g/mol. The van der Waals surface area contributed by atoms with Crippen molar-refractivity contribution in [2.24, 2.45) is 0 Å². The molecule has 1 saturated carbocycles. The summed E-state index contributed by atoms with van der Waals surface area (Å²) >= 11 is 5.87. The molecule has 1 aliphatic carbocycles. The summed E-state index contributed by atoms with van der Waals surface area (Å²) in [5.74, 6) is 0.0284. The zero-order chi connectivity index (χ0) is 13.9. The number of benzene rings is 1. The second-order valence-corrected chi connectivity index (χ2v) is 5.40. The smallest absolute Gasteiger partial charge is 0.254 e. The fourth-order valence-electron chi connectivity index (χ4n) is 2.23. The molecule has 0 saturated heterocycles. The van der Waals surface area contributed by atoms with Crippen molar-refractivity contribution in [1.29, 1.82) is 0 Å². The molecule has 1 aromatic carbocycles. The molecule has 0 unspecified atom stereocenters. The minimum Gasteiger partial charge on any atom is -0.331 e. The number of nitrogens with zero attached hydrogens (tertiary/aromatic N) is 2. The molecule has 0 atom stereocenters. The molecule has 0 N–H and O–H groups in total. The van der Waals surface area contributed by atoms with E-state index in [0.717, 1.165) is 18.4 Å². The normalized spacial score (nSPS) is 14.1. The molecule has 0 radical (unpaired) electrons. The highest BCUT2D eigenvalue weighted by molar-refractivity contribution is 6.29. The molecular formula is C16H15ClN2O. The first-order valence-corrected chi connectivity index (χ1v) is 7.08. The van der Waals surface area contributed by atoms with E-state index in [1.54, 1.807) is 18.3 Å². The van der Waals surface area contributed by atoms with Crippen molar-refractivity contribution >= 4 is 17.5 Å². The minimum absolute atomic E-state index is 0.0284. The van der Waals surface area contributed by atoms with Crippen LogP contribution in [0.15, 0.2) is 48.7 Å². The third-order valence-electron chi connectivity index (χ3n) is 3.42. The van der Waals surface area contributed by atoms with Crippen LogP contribution in [0.4, 0.5) is 0 Å². The lowest BCUT2D eigenvalue weighted by atomic mass is 10.2. The topological polar surface area (TPSA) is 33.2 Å². The van der Waals surface area contributed by atoms with E-state index in [4.69, 9.17) is 11.6 Å². The first kappa shape index (κ1) is 13.1. The Balaban J connectivity index is 1.82. The maximum absolute atomic E-state index is 12.6. The maximum Gasteiger partial charge on any atom is 0.254 e. The van der Waals surface area contributed by atoms with E-state index in [9.17, 15) is 4.79 Å². The van der Waals surface area contributed by atoms with E-state index >= 15 is 0 Å². The van der Waals surface area contributed by atoms with Gasteiger partial charge in [0.25, 0.3) is 5.91 Å². The van der Waals surface area contributed by atoms with Crippen LogP contribution in [0.2, 0.25) is 5.15 Å². The minimum atomic E-state index is 0.0284. The van der Waals surface area contributed by atoms with Gasteiger partial charge in [0.05, 0.1) is 0 Å². The van der Waals surface area contributed by atoms with E-state index in [1.165, 1.54) is 0 Å². The molecule has 3 rings (SSSR count). The summed E-state index contributed by atoms with van der Waals surface area (Å²) in [4.78, 5) is 18.5. The molecule has 20 heavy (non-hydrogen) atoms. The van der Waals surface area contributed by atoms with Crippen LogP contribution in [0.3, 0.4) is 0 Å². The largest absolute Gasteiger partial charge is 0.331 e. The van der Waals surface area contributed by atoms with Gasteiger partial charge in [-0.3, -0.25) is 4.79 Å². The summed E-state index contributed by atoms with van der Waals surface area (Å²) in [6.45, 7) is 0.643. The van der Waals surface area contributed by atoms with E-state index < -0.39 is 0 Å². The van der Waals surface area contributed by atoms with Crippen molar-refractivity contribution in [2.45, 2.75) is 25.4 Å². The summed E-state index contributed by atoms with van der Waals surface area (Å²) in [7, 11) is 0. The maximum atomic E-state index is 12.6. The van der Waals surface area contributed by atoms with Crippen molar-refractivity contribution in [3.05, 3.63) is 64.9 Å². The second-order valence-electron chi connectivity index (χ2n) is 5.02. The predicted molar refractivity (Wildman–Crippen MR) is 78.6 cm³/mol. The molecule has 1 aromatic heterocycles. The zero-order valence-electron chi connectivity index (χ0n) is 11.0. The van der Waals surface area contributed by atoms with E-state index in [-0.39, 0.29) is 5.91 Å². The SMILES string of the molecule is O=C(c1ccnc(Cl)c1)N(Cc1ccccc1)C1CC1. The molecule has 0 spiro atoms. The first-order chi connectivity index (χ1) is 9.74. The van der Waals surface area contributed by atoms with Gasteiger partial charge in [0.1, 0.15) is 5.15 Å². The Bertz CT molecular complexity index is 611. The Morgan fingerprint density at radius 3 is 2.65 bits per heavy atom. The van der Waals surface area contributed by atoms with Gasteiger partial charge in [-0.05, 0) is 30.5 Å². The van der Waals surface area contributed by atoms with Crippen molar-refractivity contribution in [2.75, 3.05) is 0 Å². The summed E-state index contributed by atoms with van der Waals surface area (Å²) in [6.07, 6.45) is 3.73. The van der Waals surface area contributed by atoms with Gasteiger partial charge < -0.3 is 4.90 Å². The van der Waals surface area contributed by atoms with Gasteiger partial charge >= 0.3 is 0 Å². The van der Waals surface area contributed by atoms with Crippen molar-refractivity contribution < 1.29 is 4.79 Å². The molecular weight excluding hydrogens is 272 g/mol. The van der Waals surface area contributed by atoms with Gasteiger partial charge in [0, 0.05) is 24.3 Å². The number of halogens is 1. The molecule has 0 aliphatic heterocycles. The van der Waals surface area contributed by atoms with Crippen molar-refractivity contribution in [1.82, 2.24) is 9.88 Å². The van der Waals surface area contributed by atoms with Crippen molar-refractivity contribution in [3.63, 3.8) is 0 Å². The Kier molecular flexibility index (Phi) is 3.70. The number of pyridine rings is 1. The molecule has 1 aliphatic rings. The average molecular weight is 287 g/mol. The summed E-state index contributed by atoms with van der Waals surface area (Å²) in [6, 6.07) is 13.8. The lowest BCUT2D eigenvalue weighted by molar-refractivity contribution is 0.0730. The van der Waals surface area contributed by atoms with Crippen LogP contribution in [0, 0.1) is 0 Å². The summed E-state index contributed by atoms with van der Waals surface area (Å²) in [5.41, 5.74) is 1.75. The highest BCUT2D eigenvalue weighted by Crippen LogP contribution is 2.30. The summed E-state index contributed by atoms with van der Waals surface area (Å²) in [5, 5.41) is 0.353. The lowest BCUT2D eigenvalue weighted by Gasteiger charge is -2.22. The number of amides is 1. The van der Waals surface area contributed by atoms with Gasteiger partial charge in [0.15, 0.2) is 0 Å². The molecule has 1 fully saturated rings. The number of hydrogen-bond acceptors (Lipinski definition) is 2. The second kappa shape index (κ2) is 5.63. The summed E-state index contributed by atoms with van der Waals surface area (Å²) < 4.78 is 0. The highest BCUT2D eigenvalue weighted by atomic mass is 35.5. The molecule has 4 heteroatoms. The third kappa shape index (κ3) is 2.99. The van der Waals surface area contributed by atoms with Crippen LogP contribution < -0.4 is 0 Å². The quantitative estimate of drug-likeness (QED) is 0.806. The van der Waals surface area contributed by atoms with Crippen molar-refractivity contribution in [3.8, 4) is 0 Å². The van der Waals surface area contributed by atoms with Crippen LogP contribution in [0.5, 0.6) is 0 Å². The Morgan fingerprint density at radius 2 is 2.00 bits per heavy atom. The lowest BCUT2D eigenvalue weighted by Crippen LogP contribution is -2.32. The molecule has 1 amide bonds. The zero-order valence-corrected chi connectivity index (χ0v) is 11.8. The van der Waals surface area contributed by atoms with Crippen LogP contribution in [0.25, 0.3) is 0 Å². The average Bonchev–Trinajstić information content (AvgIpc) is 3.30. The molecule has 102 valence electrons. The number of carbonyl (C=O) groups is 1. The van der Waals surface area contributed by atoms with Gasteiger partial charge in [-0.1, -0.05) is 41.9 Å². The molecule has 0 bridgehead atoms. The van der Waals surface area contributed by atoms with E-state index in [2.05, 4.69) is 4.98 Å². The third-order valence-corrected chi connectivity index (χ3v) is 3.62. The number of aromatic nitrogens is 1. The van der Waals surface area contributed by atoms with E-state index in [0.29, 0.717) is 23.3 Å². The Labute approximate surface area is 123 Å². The standard InChI is InChI=1S/C16H15ClN2O/c17-15-10-13(8-9-18-15)16(20)19(14-6-7-14)11-12-4-2-1-3-5-12/h1-5,8-10,14H,6-7,11H2. The van der Waals surface area contributed by atoms with Crippen LogP contribution >= 0.6 is 11.6 Å². The number of hydrogen-bond donors (Lipinski definition) is 0. The Morgan fingerprint density at radius 1 is 1.25 bits per heavy atom. The van der Waals surface area contributed by atoms with Crippen LogP contribution in [0.1, 0.15) is 28.8 Å². The predicted octanol–water partition coefficient (Wildman–Crippen LogP) is 3.54. The van der Waals surface area contributed by atoms with E-state index in [1.807, 2.05) is 35.2 Å².